The van der Waals surface area contributed by atoms with Gasteiger partial charge in [-0.3, -0.25) is 0 Å². The zero-order valence-electron chi connectivity index (χ0n) is 10.0. The molecule has 0 N–H and O–H groups in total. The average Bonchev–Trinajstić information content (AvgIpc) is 2.77. The number of rotatable bonds is 1. The number of halogens is 2. The van der Waals surface area contributed by atoms with E-state index in [1.165, 1.54) is 22.5 Å². The molecule has 0 atom stereocenters. The first kappa shape index (κ1) is 17.7. The third kappa shape index (κ3) is 3.17. The molecule has 0 saturated carbocycles. The van der Waals surface area contributed by atoms with Gasteiger partial charge in [-0.05, 0) is 36.3 Å². The van der Waals surface area contributed by atoms with Crippen molar-refractivity contribution in [2.75, 3.05) is 11.4 Å². The smallest absolute Gasteiger partial charge is 1.00 e. The van der Waals surface area contributed by atoms with E-state index in [0.29, 0.717) is 0 Å². The van der Waals surface area contributed by atoms with Crippen LogP contribution in [0.4, 0.5) is 5.69 Å². The van der Waals surface area contributed by atoms with E-state index in [1.54, 1.807) is 0 Å². The maximum atomic E-state index is 2.35. The molecule has 0 spiro atoms. The first-order valence-corrected chi connectivity index (χ1v) is 5.28. The van der Waals surface area contributed by atoms with Gasteiger partial charge in [-0.2, -0.15) is 0 Å². The van der Waals surface area contributed by atoms with Crippen molar-refractivity contribution in [3.8, 4) is 0 Å². The second-order valence-corrected chi connectivity index (χ2v) is 4.02. The van der Waals surface area contributed by atoms with Gasteiger partial charge in [0.05, 0.1) is 0 Å². The number of nitrogens with zero attached hydrogens (tertiary/aromatic N) is 1. The number of hydrogen-bond acceptors (Lipinski definition) is 1. The van der Waals surface area contributed by atoms with Crippen LogP contribution in [0.3, 0.4) is 0 Å². The van der Waals surface area contributed by atoms with E-state index in [0.717, 1.165) is 6.54 Å². The number of para-hydroxylation sites is 1. The average molecular weight is 357 g/mol. The largest absolute Gasteiger partial charge is 2.00 e. The molecule has 1 aromatic carbocycles. The summed E-state index contributed by atoms with van der Waals surface area (Å²) >= 11 is 0. The van der Waals surface area contributed by atoms with Crippen LogP contribution in [0.2, 0.25) is 0 Å². The Bertz CT molecular complexity index is 492. The van der Waals surface area contributed by atoms with Crippen LogP contribution in [0.5, 0.6) is 0 Å². The first-order chi connectivity index (χ1) is 7.34. The molecule has 0 aromatic heterocycles. The van der Waals surface area contributed by atoms with Gasteiger partial charge in [-0.15, -0.1) is 0 Å². The first-order valence-electron chi connectivity index (χ1n) is 5.28. The van der Waals surface area contributed by atoms with E-state index in [4.69, 9.17) is 0 Å². The normalized spacial score (nSPS) is 15.4. The van der Waals surface area contributed by atoms with E-state index in [1.807, 2.05) is 0 Å². The summed E-state index contributed by atoms with van der Waals surface area (Å²) in [5.74, 6) is 0. The van der Waals surface area contributed by atoms with Crippen molar-refractivity contribution >= 4 is 5.69 Å². The Morgan fingerprint density at radius 1 is 1.00 bits per heavy atom. The Balaban J connectivity index is 0.000000963. The molecule has 1 aromatic rings. The van der Waals surface area contributed by atoms with Gasteiger partial charge in [0.2, 0.25) is 0 Å². The summed E-state index contributed by atoms with van der Waals surface area (Å²) in [6, 6.07) is 10.5. The van der Waals surface area contributed by atoms with Crippen molar-refractivity contribution in [3.63, 3.8) is 0 Å². The van der Waals surface area contributed by atoms with Crippen molar-refractivity contribution < 1.29 is 51.0 Å². The summed E-state index contributed by atoms with van der Waals surface area (Å²) in [5, 5.41) is 0. The number of allylic oxidation sites excluding steroid dienone is 3. The minimum absolute atomic E-state index is 0. The summed E-state index contributed by atoms with van der Waals surface area (Å²) in [6.07, 6.45) is 6.79. The zero-order chi connectivity index (χ0) is 10.3. The number of anilines is 1. The fraction of sp³-hybridized carbons (Fsp3) is 0.143. The molecular formula is C14H13Cl2NZr. The molecule has 2 aliphatic rings. The van der Waals surface area contributed by atoms with E-state index in [2.05, 4.69) is 60.4 Å². The predicted molar refractivity (Wildman–Crippen MR) is 63.7 cm³/mol. The third-order valence-corrected chi connectivity index (χ3v) is 2.90. The molecule has 0 amide bonds. The molecule has 92 valence electrons. The molecule has 1 aliphatic heterocycles. The molecule has 1 aliphatic carbocycles. The predicted octanol–water partition coefficient (Wildman–Crippen LogP) is -2.72. The van der Waals surface area contributed by atoms with E-state index < -0.39 is 0 Å². The Morgan fingerprint density at radius 2 is 1.67 bits per heavy atom. The van der Waals surface area contributed by atoms with Gasteiger partial charge in [0, 0.05) is 17.9 Å². The standard InChI is InChI=1S/C14H13N.2ClH.Zr/c1-11-9-12-7-8-15(14(12)10-11)13-5-3-2-4-6-13;;;/h2-7,9-10H,8H2,1H3;2*1H;/q;;;+2/p-2. The van der Waals surface area contributed by atoms with Crippen LogP contribution in [-0.2, 0) is 26.2 Å². The SMILES string of the molecule is CC1=CC2=CCN(c3ccccc3)C2=C1.[Cl-].[Cl-].[Zr+2]. The maximum Gasteiger partial charge on any atom is 2.00 e. The van der Waals surface area contributed by atoms with Gasteiger partial charge in [0.15, 0.2) is 0 Å². The van der Waals surface area contributed by atoms with Crippen LogP contribution in [0.1, 0.15) is 6.92 Å². The fourth-order valence-electron chi connectivity index (χ4n) is 2.20. The third-order valence-electron chi connectivity index (χ3n) is 2.90. The number of benzene rings is 1. The topological polar surface area (TPSA) is 3.24 Å². The van der Waals surface area contributed by atoms with Crippen LogP contribution in [0.25, 0.3) is 0 Å². The summed E-state index contributed by atoms with van der Waals surface area (Å²) in [7, 11) is 0. The number of hydrogen-bond donors (Lipinski definition) is 0. The van der Waals surface area contributed by atoms with E-state index in [-0.39, 0.29) is 51.0 Å². The molecule has 0 fully saturated rings. The minimum Gasteiger partial charge on any atom is -1.00 e. The number of fused-ring (bicyclic) bond motifs is 1. The summed E-state index contributed by atoms with van der Waals surface area (Å²) in [6.45, 7) is 3.14. The van der Waals surface area contributed by atoms with Gasteiger partial charge in [-0.1, -0.05) is 30.4 Å². The van der Waals surface area contributed by atoms with Gasteiger partial charge in [0.25, 0.3) is 0 Å². The Labute approximate surface area is 140 Å². The molecule has 1 nitrogen and oxygen atoms in total. The van der Waals surface area contributed by atoms with Gasteiger partial charge < -0.3 is 29.7 Å². The second-order valence-electron chi connectivity index (χ2n) is 4.02. The molecule has 1 heterocycles. The molecule has 0 bridgehead atoms. The molecular weight excluding hydrogens is 344 g/mol. The van der Waals surface area contributed by atoms with Crippen LogP contribution in [0.15, 0.2) is 65.4 Å². The van der Waals surface area contributed by atoms with Crippen LogP contribution in [-0.4, -0.2) is 6.54 Å². The minimum atomic E-state index is 0. The molecule has 4 heteroatoms. The molecule has 0 saturated heterocycles. The van der Waals surface area contributed by atoms with Crippen LogP contribution in [0, 0.1) is 0 Å². The Kier molecular flexibility index (Phi) is 7.21. The van der Waals surface area contributed by atoms with Gasteiger partial charge in [0.1, 0.15) is 0 Å². The quantitative estimate of drug-likeness (QED) is 0.528. The summed E-state index contributed by atoms with van der Waals surface area (Å²) in [4.78, 5) is 2.35. The summed E-state index contributed by atoms with van der Waals surface area (Å²) in [5.41, 5.74) is 5.34. The monoisotopic (exact) mass is 355 g/mol. The van der Waals surface area contributed by atoms with Crippen molar-refractivity contribution in [1.82, 2.24) is 0 Å². The second kappa shape index (κ2) is 7.33. The molecule has 0 radical (unpaired) electrons. The van der Waals surface area contributed by atoms with Crippen molar-refractivity contribution in [2.45, 2.75) is 6.92 Å². The Hall–Kier alpha value is -0.297. The Morgan fingerprint density at radius 3 is 2.33 bits per heavy atom. The van der Waals surface area contributed by atoms with Gasteiger partial charge >= 0.3 is 26.2 Å². The molecule has 18 heavy (non-hydrogen) atoms. The maximum absolute atomic E-state index is 2.35. The molecule has 3 rings (SSSR count). The summed E-state index contributed by atoms with van der Waals surface area (Å²) < 4.78 is 0. The van der Waals surface area contributed by atoms with Crippen molar-refractivity contribution in [3.05, 3.63) is 65.4 Å². The van der Waals surface area contributed by atoms with Crippen molar-refractivity contribution in [2.24, 2.45) is 0 Å². The van der Waals surface area contributed by atoms with E-state index in [9.17, 15) is 0 Å². The molecule has 0 unspecified atom stereocenters. The fourth-order valence-corrected chi connectivity index (χ4v) is 2.20. The zero-order valence-corrected chi connectivity index (χ0v) is 14.0. The van der Waals surface area contributed by atoms with Crippen molar-refractivity contribution in [1.29, 1.82) is 0 Å². The van der Waals surface area contributed by atoms with Crippen LogP contribution >= 0.6 is 0 Å². The van der Waals surface area contributed by atoms with Gasteiger partial charge in [-0.25, -0.2) is 0 Å². The van der Waals surface area contributed by atoms with E-state index >= 15 is 0 Å². The van der Waals surface area contributed by atoms with Crippen LogP contribution < -0.4 is 29.7 Å².